The summed E-state index contributed by atoms with van der Waals surface area (Å²) in [7, 11) is 1.64. The third kappa shape index (κ3) is 6.12. The second-order valence-electron chi connectivity index (χ2n) is 5.55. The van der Waals surface area contributed by atoms with Gasteiger partial charge in [-0.05, 0) is 36.1 Å². The van der Waals surface area contributed by atoms with Gasteiger partial charge in [-0.1, -0.05) is 42.5 Å². The third-order valence-electron chi connectivity index (χ3n) is 3.80. The van der Waals surface area contributed by atoms with Crippen LogP contribution in [-0.2, 0) is 17.8 Å². The molecule has 0 unspecified atom stereocenters. The summed E-state index contributed by atoms with van der Waals surface area (Å²) in [4.78, 5) is 11.1. The minimum atomic E-state index is -0.773. The van der Waals surface area contributed by atoms with Gasteiger partial charge in [-0.3, -0.25) is 4.79 Å². The van der Waals surface area contributed by atoms with Gasteiger partial charge in [0, 0.05) is 12.6 Å². The first-order valence-corrected chi connectivity index (χ1v) is 7.79. The van der Waals surface area contributed by atoms with Crippen molar-refractivity contribution in [2.45, 2.75) is 31.8 Å². The number of carbonyl (C=O) groups is 1. The summed E-state index contributed by atoms with van der Waals surface area (Å²) in [6, 6.07) is 17.9. The summed E-state index contributed by atoms with van der Waals surface area (Å²) in [6.45, 7) is 0.682. The van der Waals surface area contributed by atoms with Gasteiger partial charge >= 0.3 is 5.97 Å². The number of ether oxygens (including phenoxy) is 1. The lowest BCUT2D eigenvalue weighted by molar-refractivity contribution is -0.137. The number of hydrogen-bond donors (Lipinski definition) is 2. The normalized spacial score (nSPS) is 11.9. The SMILES string of the molecule is COc1ccc(CC[C@@H](CC(=O)O)NCc2ccccc2)cc1. The maximum Gasteiger partial charge on any atom is 0.304 e. The highest BCUT2D eigenvalue weighted by Gasteiger charge is 2.13. The zero-order chi connectivity index (χ0) is 16.5. The molecule has 2 rings (SSSR count). The van der Waals surface area contributed by atoms with E-state index >= 15 is 0 Å². The molecule has 4 nitrogen and oxygen atoms in total. The van der Waals surface area contributed by atoms with E-state index in [1.807, 2.05) is 54.6 Å². The Balaban J connectivity index is 1.88. The fourth-order valence-electron chi connectivity index (χ4n) is 2.48. The van der Waals surface area contributed by atoms with E-state index in [1.165, 1.54) is 5.56 Å². The van der Waals surface area contributed by atoms with E-state index in [4.69, 9.17) is 9.84 Å². The molecule has 0 aliphatic rings. The standard InChI is InChI=1S/C19H23NO3/c1-23-18-11-8-15(9-12-18)7-10-17(13-19(21)22)20-14-16-5-3-2-4-6-16/h2-6,8-9,11-12,17,20H,7,10,13-14H2,1H3,(H,21,22)/t17-/m0/s1. The maximum absolute atomic E-state index is 11.1. The van der Waals surface area contributed by atoms with Crippen LogP contribution in [0, 0.1) is 0 Å². The fourth-order valence-corrected chi connectivity index (χ4v) is 2.48. The molecule has 0 aromatic heterocycles. The van der Waals surface area contributed by atoms with Crippen molar-refractivity contribution >= 4 is 5.97 Å². The van der Waals surface area contributed by atoms with Crippen LogP contribution >= 0.6 is 0 Å². The van der Waals surface area contributed by atoms with Crippen LogP contribution in [0.2, 0.25) is 0 Å². The zero-order valence-corrected chi connectivity index (χ0v) is 13.4. The Bertz CT molecular complexity index is 596. The average molecular weight is 313 g/mol. The van der Waals surface area contributed by atoms with Crippen molar-refractivity contribution in [3.63, 3.8) is 0 Å². The van der Waals surface area contributed by atoms with Gasteiger partial charge in [-0.2, -0.15) is 0 Å². The highest BCUT2D eigenvalue weighted by molar-refractivity contribution is 5.67. The van der Waals surface area contributed by atoms with Crippen LogP contribution in [0.4, 0.5) is 0 Å². The second-order valence-corrected chi connectivity index (χ2v) is 5.55. The summed E-state index contributed by atoms with van der Waals surface area (Å²) < 4.78 is 5.14. The molecule has 0 aliphatic carbocycles. The van der Waals surface area contributed by atoms with Gasteiger partial charge in [0.2, 0.25) is 0 Å². The van der Waals surface area contributed by atoms with E-state index < -0.39 is 5.97 Å². The molecule has 0 radical (unpaired) electrons. The molecule has 0 aliphatic heterocycles. The Morgan fingerprint density at radius 2 is 1.78 bits per heavy atom. The number of aryl methyl sites for hydroxylation is 1. The molecule has 0 bridgehead atoms. The van der Waals surface area contributed by atoms with Crippen LogP contribution in [0.5, 0.6) is 5.75 Å². The van der Waals surface area contributed by atoms with Crippen molar-refractivity contribution in [2.75, 3.05) is 7.11 Å². The topological polar surface area (TPSA) is 58.6 Å². The molecule has 0 heterocycles. The number of nitrogens with one attached hydrogen (secondary N) is 1. The lowest BCUT2D eigenvalue weighted by Gasteiger charge is -2.17. The van der Waals surface area contributed by atoms with Gasteiger partial charge in [0.15, 0.2) is 0 Å². The van der Waals surface area contributed by atoms with E-state index in [1.54, 1.807) is 7.11 Å². The Labute approximate surface area is 137 Å². The van der Waals surface area contributed by atoms with Crippen molar-refractivity contribution in [1.29, 1.82) is 0 Å². The molecule has 0 fully saturated rings. The fraction of sp³-hybridized carbons (Fsp3) is 0.316. The number of carboxylic acids is 1. The number of rotatable bonds is 9. The van der Waals surface area contributed by atoms with Gasteiger partial charge in [-0.25, -0.2) is 0 Å². The Morgan fingerprint density at radius 1 is 1.09 bits per heavy atom. The number of methoxy groups -OCH3 is 1. The minimum Gasteiger partial charge on any atom is -0.497 e. The first kappa shape index (κ1) is 17.0. The molecule has 0 saturated carbocycles. The van der Waals surface area contributed by atoms with Crippen molar-refractivity contribution < 1.29 is 14.6 Å². The van der Waals surface area contributed by atoms with Crippen LogP contribution in [0.1, 0.15) is 24.0 Å². The number of benzene rings is 2. The van der Waals surface area contributed by atoms with E-state index in [2.05, 4.69) is 5.32 Å². The molecular weight excluding hydrogens is 290 g/mol. The van der Waals surface area contributed by atoms with Gasteiger partial charge < -0.3 is 15.2 Å². The molecule has 0 spiro atoms. The van der Waals surface area contributed by atoms with E-state index in [9.17, 15) is 4.79 Å². The smallest absolute Gasteiger partial charge is 0.304 e. The quantitative estimate of drug-likeness (QED) is 0.746. The molecule has 0 amide bonds. The average Bonchev–Trinajstić information content (AvgIpc) is 2.58. The molecule has 4 heteroatoms. The number of aliphatic carboxylic acids is 1. The predicted octanol–water partition coefficient (Wildman–Crippen LogP) is 3.26. The van der Waals surface area contributed by atoms with E-state index in [0.29, 0.717) is 6.54 Å². The van der Waals surface area contributed by atoms with Crippen molar-refractivity contribution in [1.82, 2.24) is 5.32 Å². The lowest BCUT2D eigenvalue weighted by Crippen LogP contribution is -2.31. The monoisotopic (exact) mass is 313 g/mol. The molecule has 2 N–H and O–H groups in total. The molecule has 2 aromatic carbocycles. The molecule has 1 atom stereocenters. The largest absolute Gasteiger partial charge is 0.497 e. The van der Waals surface area contributed by atoms with Gasteiger partial charge in [0.1, 0.15) is 5.75 Å². The van der Waals surface area contributed by atoms with Gasteiger partial charge in [0.05, 0.1) is 13.5 Å². The van der Waals surface area contributed by atoms with E-state index in [0.717, 1.165) is 24.2 Å². The van der Waals surface area contributed by atoms with E-state index in [-0.39, 0.29) is 12.5 Å². The molecule has 0 saturated heterocycles. The van der Waals surface area contributed by atoms with Crippen LogP contribution in [0.3, 0.4) is 0 Å². The predicted molar refractivity (Wildman–Crippen MR) is 90.6 cm³/mol. The first-order chi connectivity index (χ1) is 11.2. The Hall–Kier alpha value is -2.33. The summed E-state index contributed by atoms with van der Waals surface area (Å²) in [5, 5.41) is 12.4. The lowest BCUT2D eigenvalue weighted by atomic mass is 10.0. The first-order valence-electron chi connectivity index (χ1n) is 7.79. The highest BCUT2D eigenvalue weighted by Crippen LogP contribution is 2.14. The second kappa shape index (κ2) is 8.96. The van der Waals surface area contributed by atoms with Crippen LogP contribution in [0.25, 0.3) is 0 Å². The molecular formula is C19H23NO3. The van der Waals surface area contributed by atoms with Crippen molar-refractivity contribution in [3.05, 3.63) is 65.7 Å². The molecule has 122 valence electrons. The molecule has 23 heavy (non-hydrogen) atoms. The zero-order valence-electron chi connectivity index (χ0n) is 13.4. The summed E-state index contributed by atoms with van der Waals surface area (Å²) in [6.07, 6.45) is 1.75. The number of hydrogen-bond acceptors (Lipinski definition) is 3. The van der Waals surface area contributed by atoms with Crippen LogP contribution in [-0.4, -0.2) is 24.2 Å². The van der Waals surface area contributed by atoms with Crippen molar-refractivity contribution in [2.24, 2.45) is 0 Å². The van der Waals surface area contributed by atoms with Crippen LogP contribution < -0.4 is 10.1 Å². The number of carboxylic acid groups (broad SMARTS) is 1. The van der Waals surface area contributed by atoms with Crippen LogP contribution in [0.15, 0.2) is 54.6 Å². The Morgan fingerprint density at radius 3 is 2.39 bits per heavy atom. The maximum atomic E-state index is 11.1. The minimum absolute atomic E-state index is 0.0465. The summed E-state index contributed by atoms with van der Waals surface area (Å²) in [5.41, 5.74) is 2.34. The third-order valence-corrected chi connectivity index (χ3v) is 3.80. The highest BCUT2D eigenvalue weighted by atomic mass is 16.5. The van der Waals surface area contributed by atoms with Gasteiger partial charge in [0.25, 0.3) is 0 Å². The van der Waals surface area contributed by atoms with Crippen molar-refractivity contribution in [3.8, 4) is 5.75 Å². The Kier molecular flexibility index (Phi) is 6.63. The molecule has 2 aromatic rings. The summed E-state index contributed by atoms with van der Waals surface area (Å²) in [5.74, 6) is 0.0586. The summed E-state index contributed by atoms with van der Waals surface area (Å²) >= 11 is 0. The van der Waals surface area contributed by atoms with Gasteiger partial charge in [-0.15, -0.1) is 0 Å².